The molecule has 0 fully saturated rings. The third kappa shape index (κ3) is 6.89. The Balaban J connectivity index is -0.000000135. The van der Waals surface area contributed by atoms with Gasteiger partial charge in [-0.15, -0.1) is 0 Å². The van der Waals surface area contributed by atoms with Crippen LogP contribution in [0.2, 0.25) is 0 Å². The van der Waals surface area contributed by atoms with Crippen LogP contribution in [0.1, 0.15) is 9.27 Å². The van der Waals surface area contributed by atoms with Crippen molar-refractivity contribution in [2.45, 2.75) is 12.5 Å². The molecule has 64 valence electrons. The van der Waals surface area contributed by atoms with Gasteiger partial charge in [-0.25, -0.2) is 0 Å². The molecule has 0 bridgehead atoms. The van der Waals surface area contributed by atoms with Crippen molar-refractivity contribution in [3.63, 3.8) is 0 Å². The molecule has 0 aliphatic heterocycles. The Kier molecular flexibility index (Phi) is 11.0. The van der Waals surface area contributed by atoms with Crippen LogP contribution in [0.25, 0.3) is 0 Å². The van der Waals surface area contributed by atoms with Crippen molar-refractivity contribution in [1.29, 1.82) is 0 Å². The van der Waals surface area contributed by atoms with Crippen molar-refractivity contribution in [2.75, 3.05) is 12.0 Å². The molecule has 1 atom stereocenters. The number of nitrogens with one attached hydrogen (secondary N) is 1. The predicted molar refractivity (Wildman–Crippen MR) is 47.3 cm³/mol. The summed E-state index contributed by atoms with van der Waals surface area (Å²) in [6.07, 6.45) is 2.32. The van der Waals surface area contributed by atoms with Gasteiger partial charge >= 0.3 is 29.0 Å². The van der Waals surface area contributed by atoms with E-state index in [2.05, 4.69) is 0 Å². The van der Waals surface area contributed by atoms with E-state index in [9.17, 15) is 4.79 Å². The first-order chi connectivity index (χ1) is 4.72. The van der Waals surface area contributed by atoms with E-state index in [1.807, 2.05) is 6.26 Å². The molecule has 0 aromatic carbocycles. The van der Waals surface area contributed by atoms with Crippen LogP contribution in [0.4, 0.5) is 0 Å². The van der Waals surface area contributed by atoms with Crippen LogP contribution >= 0.6 is 11.8 Å². The summed E-state index contributed by atoms with van der Waals surface area (Å²) in [7, 11) is 0. The Bertz CT molecular complexity index is 122. The smallest absolute Gasteiger partial charge is 1.00 e. The SMILES string of the molecule is CSCCC(NO)C(=O)O.[H-].[H-].[Mg+2]. The standard InChI is InChI=1S/C5H11NO3S.Mg.2H/c1-10-3-2-4(6-9)5(7)8;;;/h4,6,9H,2-3H2,1H3,(H,7,8);;;/q;+2;2*-1. The normalized spacial score (nSPS) is 11.8. The van der Waals surface area contributed by atoms with Crippen molar-refractivity contribution in [1.82, 2.24) is 5.48 Å². The summed E-state index contributed by atoms with van der Waals surface area (Å²) in [5.41, 5.74) is 1.72. The van der Waals surface area contributed by atoms with Crippen molar-refractivity contribution in [3.8, 4) is 0 Å². The molecule has 0 saturated heterocycles. The van der Waals surface area contributed by atoms with E-state index >= 15 is 0 Å². The molecule has 0 radical (unpaired) electrons. The Morgan fingerprint density at radius 3 is 2.64 bits per heavy atom. The van der Waals surface area contributed by atoms with Gasteiger partial charge in [0.05, 0.1) is 0 Å². The van der Waals surface area contributed by atoms with Crippen molar-refractivity contribution in [2.24, 2.45) is 0 Å². The maximum absolute atomic E-state index is 10.2. The van der Waals surface area contributed by atoms with Crippen LogP contribution in [0.3, 0.4) is 0 Å². The van der Waals surface area contributed by atoms with E-state index in [4.69, 9.17) is 10.3 Å². The summed E-state index contributed by atoms with van der Waals surface area (Å²) in [5.74, 6) is -0.290. The Morgan fingerprint density at radius 1 is 1.82 bits per heavy atom. The van der Waals surface area contributed by atoms with Crippen molar-refractivity contribution >= 4 is 40.8 Å². The fourth-order valence-corrected chi connectivity index (χ4v) is 0.950. The van der Waals surface area contributed by atoms with Gasteiger partial charge in [0.2, 0.25) is 0 Å². The van der Waals surface area contributed by atoms with Crippen LogP contribution in [-0.4, -0.2) is 57.4 Å². The molecule has 0 amide bonds. The Labute approximate surface area is 88.8 Å². The molecule has 0 aromatic rings. The number of carboxylic acid groups (broad SMARTS) is 1. The molecule has 4 nitrogen and oxygen atoms in total. The molecule has 0 heterocycles. The van der Waals surface area contributed by atoms with Crippen LogP contribution in [0.5, 0.6) is 0 Å². The fourth-order valence-electron chi connectivity index (χ4n) is 0.479. The van der Waals surface area contributed by atoms with Crippen LogP contribution < -0.4 is 5.48 Å². The number of hydroxylamine groups is 1. The second-order valence-electron chi connectivity index (χ2n) is 1.80. The zero-order valence-electron chi connectivity index (χ0n) is 8.41. The van der Waals surface area contributed by atoms with Gasteiger partial charge in [-0.3, -0.25) is 4.79 Å². The Hall–Kier alpha value is 0.506. The molecule has 1 unspecified atom stereocenters. The zero-order chi connectivity index (χ0) is 7.98. The second kappa shape index (κ2) is 8.60. The largest absolute Gasteiger partial charge is 2.00 e. The van der Waals surface area contributed by atoms with Crippen LogP contribution in [-0.2, 0) is 4.79 Å². The minimum atomic E-state index is -1.02. The van der Waals surface area contributed by atoms with Crippen molar-refractivity contribution < 1.29 is 18.0 Å². The molecule has 0 rings (SSSR count). The summed E-state index contributed by atoms with van der Waals surface area (Å²) < 4.78 is 0. The fraction of sp³-hybridized carbons (Fsp3) is 0.800. The number of carbonyl (C=O) groups is 1. The molecule has 0 aromatic heterocycles. The average molecular weight is 192 g/mol. The van der Waals surface area contributed by atoms with Gasteiger partial charge < -0.3 is 13.2 Å². The number of carboxylic acids is 1. The summed E-state index contributed by atoms with van der Waals surface area (Å²) in [4.78, 5) is 10.2. The molecule has 6 heteroatoms. The van der Waals surface area contributed by atoms with E-state index in [0.29, 0.717) is 6.42 Å². The van der Waals surface area contributed by atoms with E-state index in [0.717, 1.165) is 5.75 Å². The molecular weight excluding hydrogens is 178 g/mol. The van der Waals surface area contributed by atoms with Gasteiger partial charge in [-0.2, -0.15) is 17.2 Å². The molecule has 0 aliphatic carbocycles. The quantitative estimate of drug-likeness (QED) is 0.422. The van der Waals surface area contributed by atoms with Gasteiger partial charge in [-0.1, -0.05) is 0 Å². The summed E-state index contributed by atoms with van der Waals surface area (Å²) in [6.45, 7) is 0. The second-order valence-corrected chi connectivity index (χ2v) is 2.79. The van der Waals surface area contributed by atoms with Gasteiger partial charge in [0.1, 0.15) is 6.04 Å². The minimum absolute atomic E-state index is 0. The van der Waals surface area contributed by atoms with Crippen LogP contribution in [0, 0.1) is 0 Å². The van der Waals surface area contributed by atoms with Gasteiger partial charge in [0.15, 0.2) is 0 Å². The number of rotatable bonds is 5. The van der Waals surface area contributed by atoms with E-state index in [1.54, 1.807) is 17.2 Å². The molecule has 11 heavy (non-hydrogen) atoms. The number of aliphatic carboxylic acids is 1. The monoisotopic (exact) mass is 191 g/mol. The first-order valence-electron chi connectivity index (χ1n) is 2.83. The Morgan fingerprint density at radius 2 is 2.36 bits per heavy atom. The first kappa shape index (κ1) is 14.1. The molecular formula is C5H13MgNO3S. The molecule has 3 N–H and O–H groups in total. The van der Waals surface area contributed by atoms with E-state index in [-0.39, 0.29) is 25.9 Å². The molecule has 0 aliphatic rings. The molecule has 0 spiro atoms. The number of hydrogen-bond donors (Lipinski definition) is 3. The number of thioether (sulfide) groups is 1. The summed E-state index contributed by atoms with van der Waals surface area (Å²) in [5, 5.41) is 16.7. The van der Waals surface area contributed by atoms with E-state index < -0.39 is 12.0 Å². The van der Waals surface area contributed by atoms with Gasteiger partial charge in [0, 0.05) is 0 Å². The number of hydrogen-bond acceptors (Lipinski definition) is 4. The zero-order valence-corrected chi connectivity index (χ0v) is 8.64. The third-order valence-electron chi connectivity index (χ3n) is 1.06. The van der Waals surface area contributed by atoms with E-state index in [1.165, 1.54) is 0 Å². The summed E-state index contributed by atoms with van der Waals surface area (Å²) >= 11 is 1.55. The topological polar surface area (TPSA) is 69.6 Å². The average Bonchev–Trinajstić information content (AvgIpc) is 1.89. The maximum atomic E-state index is 10.2. The molecule has 0 saturated carbocycles. The maximum Gasteiger partial charge on any atom is 2.00 e. The van der Waals surface area contributed by atoms with Gasteiger partial charge in [-0.05, 0) is 18.4 Å². The summed E-state index contributed by atoms with van der Waals surface area (Å²) in [6, 6.07) is -0.826. The van der Waals surface area contributed by atoms with Crippen molar-refractivity contribution in [3.05, 3.63) is 0 Å². The first-order valence-corrected chi connectivity index (χ1v) is 4.23. The predicted octanol–water partition coefficient (Wildman–Crippen LogP) is 0.0157. The minimum Gasteiger partial charge on any atom is -1.00 e. The van der Waals surface area contributed by atoms with Crippen LogP contribution in [0.15, 0.2) is 0 Å². The third-order valence-corrected chi connectivity index (χ3v) is 1.71. The van der Waals surface area contributed by atoms with Gasteiger partial charge in [0.25, 0.3) is 0 Å².